The Kier molecular flexibility index (Phi) is 2.26. The number of nitrogens with zero attached hydrogens (tertiary/aromatic N) is 1. The normalized spacial score (nSPS) is 10.7. The average molecular weight is 148 g/mol. The van der Waals surface area contributed by atoms with Crippen molar-refractivity contribution in [2.24, 2.45) is 10.7 Å². The van der Waals surface area contributed by atoms with Crippen molar-refractivity contribution in [2.75, 3.05) is 0 Å². The number of para-hydroxylation sites is 1. The highest BCUT2D eigenvalue weighted by molar-refractivity contribution is 5.63. The van der Waals surface area contributed by atoms with E-state index in [-0.39, 0.29) is 0 Å². The van der Waals surface area contributed by atoms with E-state index in [2.05, 4.69) is 4.99 Å². The number of hydrogen-bond acceptors (Lipinski definition) is 1. The number of aliphatic imine (C=N–C) groups is 1. The van der Waals surface area contributed by atoms with Gasteiger partial charge in [-0.15, -0.1) is 0 Å². The predicted octanol–water partition coefficient (Wildman–Crippen LogP) is 1.92. The van der Waals surface area contributed by atoms with Gasteiger partial charge in [-0.1, -0.05) is 18.2 Å². The van der Waals surface area contributed by atoms with Gasteiger partial charge in [0, 0.05) is 0 Å². The van der Waals surface area contributed by atoms with Crippen molar-refractivity contribution in [2.45, 2.75) is 13.8 Å². The molecule has 1 rings (SSSR count). The van der Waals surface area contributed by atoms with E-state index in [0.717, 1.165) is 16.8 Å². The van der Waals surface area contributed by atoms with Crippen LogP contribution in [-0.2, 0) is 0 Å². The van der Waals surface area contributed by atoms with Crippen LogP contribution in [-0.4, -0.2) is 6.34 Å². The molecule has 0 fully saturated rings. The standard InChI is InChI=1S/C9H12N2/c1-7-4-3-5-8(2)9(7)11-6-10/h3-6H,1-2H3,(H2,10,11). The molecular weight excluding hydrogens is 136 g/mol. The molecule has 2 nitrogen and oxygen atoms in total. The summed E-state index contributed by atoms with van der Waals surface area (Å²) in [4.78, 5) is 4.06. The average Bonchev–Trinajstić information content (AvgIpc) is 1.97. The maximum absolute atomic E-state index is 5.21. The Hall–Kier alpha value is -1.31. The van der Waals surface area contributed by atoms with Crippen LogP contribution in [0.4, 0.5) is 5.69 Å². The molecule has 58 valence electrons. The number of nitrogens with two attached hydrogens (primary N) is 1. The summed E-state index contributed by atoms with van der Waals surface area (Å²) in [7, 11) is 0. The topological polar surface area (TPSA) is 38.4 Å². The zero-order valence-corrected chi connectivity index (χ0v) is 6.83. The minimum Gasteiger partial charge on any atom is -0.390 e. The molecule has 0 amide bonds. The molecule has 2 N–H and O–H groups in total. The fourth-order valence-corrected chi connectivity index (χ4v) is 1.08. The third kappa shape index (κ3) is 1.58. The first-order chi connectivity index (χ1) is 5.25. The van der Waals surface area contributed by atoms with E-state index >= 15 is 0 Å². The molecule has 0 aliphatic carbocycles. The fraction of sp³-hybridized carbons (Fsp3) is 0.222. The first-order valence-electron chi connectivity index (χ1n) is 3.56. The summed E-state index contributed by atoms with van der Waals surface area (Å²) in [6.45, 7) is 4.05. The molecule has 0 bridgehead atoms. The van der Waals surface area contributed by atoms with E-state index < -0.39 is 0 Å². The van der Waals surface area contributed by atoms with Gasteiger partial charge >= 0.3 is 0 Å². The van der Waals surface area contributed by atoms with Crippen LogP contribution in [0, 0.1) is 13.8 Å². The number of hydrogen-bond donors (Lipinski definition) is 1. The molecule has 2 heteroatoms. The molecule has 0 atom stereocenters. The fourth-order valence-electron chi connectivity index (χ4n) is 1.08. The van der Waals surface area contributed by atoms with Crippen LogP contribution in [0.5, 0.6) is 0 Å². The molecule has 0 aliphatic rings. The molecule has 0 aromatic heterocycles. The van der Waals surface area contributed by atoms with Crippen LogP contribution >= 0.6 is 0 Å². The van der Waals surface area contributed by atoms with Gasteiger partial charge in [0.25, 0.3) is 0 Å². The second-order valence-electron chi connectivity index (χ2n) is 2.52. The SMILES string of the molecule is Cc1cccc(C)c1N=CN. The number of aryl methyl sites for hydroxylation is 2. The van der Waals surface area contributed by atoms with E-state index in [1.54, 1.807) is 0 Å². The van der Waals surface area contributed by atoms with E-state index in [4.69, 9.17) is 5.73 Å². The molecule has 0 unspecified atom stereocenters. The van der Waals surface area contributed by atoms with Crippen LogP contribution in [0.2, 0.25) is 0 Å². The smallest absolute Gasteiger partial charge is 0.0860 e. The minimum absolute atomic E-state index is 0.981. The van der Waals surface area contributed by atoms with Gasteiger partial charge in [0.05, 0.1) is 12.0 Å². The third-order valence-electron chi connectivity index (χ3n) is 1.64. The summed E-state index contributed by atoms with van der Waals surface area (Å²) in [5.74, 6) is 0. The molecule has 1 aromatic rings. The predicted molar refractivity (Wildman–Crippen MR) is 48.3 cm³/mol. The summed E-state index contributed by atoms with van der Waals surface area (Å²) in [5, 5.41) is 0. The first-order valence-corrected chi connectivity index (χ1v) is 3.56. The zero-order valence-electron chi connectivity index (χ0n) is 6.83. The quantitative estimate of drug-likeness (QED) is 0.479. The van der Waals surface area contributed by atoms with Crippen molar-refractivity contribution in [1.82, 2.24) is 0 Å². The highest BCUT2D eigenvalue weighted by Gasteiger charge is 1.96. The van der Waals surface area contributed by atoms with Gasteiger partial charge < -0.3 is 5.73 Å². The summed E-state index contributed by atoms with van der Waals surface area (Å²) in [6.07, 6.45) is 1.33. The highest BCUT2D eigenvalue weighted by atomic mass is 14.8. The third-order valence-corrected chi connectivity index (χ3v) is 1.64. The molecule has 0 saturated carbocycles. The molecule has 0 heterocycles. The summed E-state index contributed by atoms with van der Waals surface area (Å²) >= 11 is 0. The molecule has 11 heavy (non-hydrogen) atoms. The minimum atomic E-state index is 0.981. The molecular formula is C9H12N2. The van der Waals surface area contributed by atoms with Crippen molar-refractivity contribution in [3.63, 3.8) is 0 Å². The maximum Gasteiger partial charge on any atom is 0.0860 e. The highest BCUT2D eigenvalue weighted by Crippen LogP contribution is 2.21. The first kappa shape index (κ1) is 7.79. The zero-order chi connectivity index (χ0) is 8.27. The lowest BCUT2D eigenvalue weighted by Crippen LogP contribution is -1.88. The van der Waals surface area contributed by atoms with Gasteiger partial charge in [-0.25, -0.2) is 4.99 Å². The summed E-state index contributed by atoms with van der Waals surface area (Å²) < 4.78 is 0. The van der Waals surface area contributed by atoms with Gasteiger partial charge in [-0.05, 0) is 25.0 Å². The summed E-state index contributed by atoms with van der Waals surface area (Å²) in [5.41, 5.74) is 8.51. The second kappa shape index (κ2) is 3.19. The largest absolute Gasteiger partial charge is 0.390 e. The van der Waals surface area contributed by atoms with Crippen LogP contribution in [0.1, 0.15) is 11.1 Å². The Morgan fingerprint density at radius 2 is 1.82 bits per heavy atom. The Balaban J connectivity index is 3.20. The van der Waals surface area contributed by atoms with Crippen molar-refractivity contribution in [1.29, 1.82) is 0 Å². The van der Waals surface area contributed by atoms with Gasteiger partial charge in [0.1, 0.15) is 0 Å². The summed E-state index contributed by atoms with van der Waals surface area (Å²) in [6, 6.07) is 6.06. The number of rotatable bonds is 1. The van der Waals surface area contributed by atoms with Gasteiger partial charge in [-0.3, -0.25) is 0 Å². The van der Waals surface area contributed by atoms with Crippen LogP contribution in [0.15, 0.2) is 23.2 Å². The second-order valence-corrected chi connectivity index (χ2v) is 2.52. The van der Waals surface area contributed by atoms with Gasteiger partial charge in [0.2, 0.25) is 0 Å². The lowest BCUT2D eigenvalue weighted by Gasteiger charge is -2.01. The maximum atomic E-state index is 5.21. The van der Waals surface area contributed by atoms with Crippen molar-refractivity contribution in [3.8, 4) is 0 Å². The Bertz CT molecular complexity index is 257. The lowest BCUT2D eigenvalue weighted by molar-refractivity contribution is 1.33. The monoisotopic (exact) mass is 148 g/mol. The Morgan fingerprint density at radius 3 is 2.27 bits per heavy atom. The van der Waals surface area contributed by atoms with Gasteiger partial charge in [0.15, 0.2) is 0 Å². The van der Waals surface area contributed by atoms with Crippen molar-refractivity contribution in [3.05, 3.63) is 29.3 Å². The van der Waals surface area contributed by atoms with E-state index in [1.807, 2.05) is 32.0 Å². The van der Waals surface area contributed by atoms with Crippen LogP contribution in [0.3, 0.4) is 0 Å². The Morgan fingerprint density at radius 1 is 1.27 bits per heavy atom. The molecule has 0 saturated heterocycles. The molecule has 1 aromatic carbocycles. The van der Waals surface area contributed by atoms with E-state index in [0.29, 0.717) is 0 Å². The molecule has 0 spiro atoms. The van der Waals surface area contributed by atoms with Gasteiger partial charge in [-0.2, -0.15) is 0 Å². The number of benzene rings is 1. The molecule has 0 radical (unpaired) electrons. The van der Waals surface area contributed by atoms with Crippen molar-refractivity contribution >= 4 is 12.0 Å². The van der Waals surface area contributed by atoms with Crippen LogP contribution in [0.25, 0.3) is 0 Å². The van der Waals surface area contributed by atoms with Crippen LogP contribution < -0.4 is 5.73 Å². The van der Waals surface area contributed by atoms with E-state index in [1.165, 1.54) is 6.34 Å². The Labute approximate surface area is 66.8 Å². The van der Waals surface area contributed by atoms with E-state index in [9.17, 15) is 0 Å². The molecule has 0 aliphatic heterocycles. The van der Waals surface area contributed by atoms with Crippen molar-refractivity contribution < 1.29 is 0 Å². The lowest BCUT2D eigenvalue weighted by atomic mass is 10.1.